The van der Waals surface area contributed by atoms with Crippen molar-refractivity contribution in [2.24, 2.45) is 0 Å². The zero-order chi connectivity index (χ0) is 37.5. The molecule has 0 aliphatic carbocycles. The van der Waals surface area contributed by atoms with Crippen molar-refractivity contribution >= 4 is 95.3 Å². The molecular weight excluding hydrogens is 912 g/mol. The van der Waals surface area contributed by atoms with E-state index in [1.54, 1.807) is 0 Å². The summed E-state index contributed by atoms with van der Waals surface area (Å²) in [5.74, 6) is 1.95. The van der Waals surface area contributed by atoms with E-state index < -0.39 is 8.07 Å². The first-order valence-corrected chi connectivity index (χ1v) is 21.0. The van der Waals surface area contributed by atoms with Crippen LogP contribution in [-0.2, 0) is 21.1 Å². The minimum atomic E-state index is -3.13. The number of pyridine rings is 2. The Balaban J connectivity index is 0.00000385. The van der Waals surface area contributed by atoms with Gasteiger partial charge < -0.3 is 18.5 Å². The van der Waals surface area contributed by atoms with Crippen LogP contribution >= 0.6 is 0 Å². The monoisotopic (exact) mass is 941 g/mol. The summed E-state index contributed by atoms with van der Waals surface area (Å²) in [5.41, 5.74) is 5.59. The van der Waals surface area contributed by atoms with Crippen LogP contribution in [0, 0.1) is 12.1 Å². The Labute approximate surface area is 348 Å². The molecule has 0 bridgehead atoms. The summed E-state index contributed by atoms with van der Waals surface area (Å²) in [6, 6.07) is 64.9. The first-order chi connectivity index (χ1) is 28.3. The Morgan fingerprint density at radius 1 is 0.569 bits per heavy atom. The molecule has 6 nitrogen and oxygen atoms in total. The first kappa shape index (κ1) is 34.5. The minimum Gasteiger partial charge on any atom is -0.503 e. The second kappa shape index (κ2) is 13.4. The number of furan rings is 1. The molecule has 12 rings (SSSR count). The summed E-state index contributed by atoms with van der Waals surface area (Å²) in [4.78, 5) is 11.9. The zero-order valence-corrected chi connectivity index (χ0v) is 34.0. The number of ether oxygens (including phenoxy) is 1. The molecular formula is C50H30N4O2PtSi. The van der Waals surface area contributed by atoms with Gasteiger partial charge in [0.1, 0.15) is 25.1 Å². The minimum absolute atomic E-state index is 0. The Kier molecular flexibility index (Phi) is 7.97. The number of para-hydroxylation sites is 2. The van der Waals surface area contributed by atoms with Crippen LogP contribution in [-0.4, -0.2) is 22.4 Å². The number of aromatic nitrogens is 3. The van der Waals surface area contributed by atoms with Gasteiger partial charge in [0.05, 0.1) is 5.65 Å². The standard InChI is InChI=1S/C50H30N4O2Si.Pt/c1-3-13-35(14-4-1)57(36-15-5-2-6-16-36)46-27-23-34(55-33-22-24-37-38-17-7-9-19-41(38)53-30-29-52-50(53)40(37)31-33)32-43(46)54(47-21-11-12-28-51-47)42-25-26-45-48(49(42)57)39-18-8-10-20-44(39)56-45;/h1-30H;/q-2;+2. The van der Waals surface area contributed by atoms with Gasteiger partial charge in [-0.1, -0.05) is 136 Å². The van der Waals surface area contributed by atoms with Crippen LogP contribution < -0.4 is 30.4 Å². The van der Waals surface area contributed by atoms with Crippen LogP contribution in [0.25, 0.3) is 49.3 Å². The number of nitrogens with zero attached hydrogens (tertiary/aromatic N) is 4. The van der Waals surface area contributed by atoms with Crippen LogP contribution in [0.2, 0.25) is 0 Å². The molecule has 58 heavy (non-hydrogen) atoms. The van der Waals surface area contributed by atoms with Crippen molar-refractivity contribution in [3.05, 3.63) is 195 Å². The summed E-state index contributed by atoms with van der Waals surface area (Å²) in [7, 11) is -3.13. The van der Waals surface area contributed by atoms with Crippen molar-refractivity contribution in [3.63, 3.8) is 0 Å². The third-order valence-corrected chi connectivity index (χ3v) is 16.3. The average Bonchev–Trinajstić information content (AvgIpc) is 3.93. The molecule has 0 saturated carbocycles. The van der Waals surface area contributed by atoms with E-state index in [1.165, 1.54) is 20.7 Å². The van der Waals surface area contributed by atoms with Crippen molar-refractivity contribution in [3.8, 4) is 11.5 Å². The Bertz CT molecular complexity index is 3310. The van der Waals surface area contributed by atoms with E-state index in [0.717, 1.165) is 66.5 Å². The molecule has 276 valence electrons. The molecule has 0 amide bonds. The number of hydrogen-bond acceptors (Lipinski definition) is 5. The first-order valence-electron chi connectivity index (χ1n) is 19.0. The summed E-state index contributed by atoms with van der Waals surface area (Å²) >= 11 is 0. The van der Waals surface area contributed by atoms with Gasteiger partial charge in [0.2, 0.25) is 0 Å². The second-order valence-electron chi connectivity index (χ2n) is 14.4. The Morgan fingerprint density at radius 2 is 1.28 bits per heavy atom. The van der Waals surface area contributed by atoms with Crippen molar-refractivity contribution in [1.29, 1.82) is 0 Å². The van der Waals surface area contributed by atoms with Crippen LogP contribution in [0.1, 0.15) is 0 Å². The summed E-state index contributed by atoms with van der Waals surface area (Å²) in [6.45, 7) is 0. The van der Waals surface area contributed by atoms with Gasteiger partial charge in [-0.05, 0) is 47.0 Å². The van der Waals surface area contributed by atoms with Gasteiger partial charge in [-0.15, -0.1) is 29.5 Å². The second-order valence-corrected chi connectivity index (χ2v) is 18.1. The molecule has 5 heterocycles. The molecule has 1 aliphatic heterocycles. The summed E-state index contributed by atoms with van der Waals surface area (Å²) in [6.07, 6.45) is 5.67. The van der Waals surface area contributed by atoms with Crippen LogP contribution in [0.3, 0.4) is 0 Å². The molecule has 11 aromatic rings. The molecule has 0 atom stereocenters. The molecule has 0 saturated heterocycles. The molecule has 7 aromatic carbocycles. The maximum atomic E-state index is 6.76. The predicted octanol–water partition coefficient (Wildman–Crippen LogP) is 9.49. The number of anilines is 3. The quantitative estimate of drug-likeness (QED) is 0.0979. The van der Waals surface area contributed by atoms with Crippen LogP contribution in [0.4, 0.5) is 17.2 Å². The largest absolute Gasteiger partial charge is 2.00 e. The van der Waals surface area contributed by atoms with Gasteiger partial charge in [0.15, 0.2) is 0 Å². The molecule has 0 spiro atoms. The molecule has 1 aliphatic rings. The fraction of sp³-hybridized carbons (Fsp3) is 0. The maximum Gasteiger partial charge on any atom is 2.00 e. The normalized spacial score (nSPS) is 13.1. The van der Waals surface area contributed by atoms with Crippen LogP contribution in [0.5, 0.6) is 11.5 Å². The fourth-order valence-corrected chi connectivity index (χ4v) is 14.4. The van der Waals surface area contributed by atoms with Gasteiger partial charge in [-0.3, -0.25) is 4.98 Å². The van der Waals surface area contributed by atoms with E-state index in [-0.39, 0.29) is 21.1 Å². The van der Waals surface area contributed by atoms with E-state index in [0.29, 0.717) is 11.5 Å². The van der Waals surface area contributed by atoms with E-state index in [4.69, 9.17) is 19.1 Å². The number of benzene rings is 7. The van der Waals surface area contributed by atoms with Gasteiger partial charge in [-0.25, -0.2) is 4.98 Å². The topological polar surface area (TPSA) is 55.8 Å². The van der Waals surface area contributed by atoms with Crippen molar-refractivity contribution in [2.75, 3.05) is 4.90 Å². The number of fused-ring (bicyclic) bond motifs is 12. The van der Waals surface area contributed by atoms with Crippen LogP contribution in [0.15, 0.2) is 187 Å². The Morgan fingerprint density at radius 3 is 2.07 bits per heavy atom. The maximum absolute atomic E-state index is 6.76. The number of imidazole rings is 1. The third kappa shape index (κ3) is 4.94. The molecule has 0 unspecified atom stereocenters. The fourth-order valence-electron chi connectivity index (χ4n) is 9.14. The van der Waals surface area contributed by atoms with Gasteiger partial charge in [0.25, 0.3) is 0 Å². The summed E-state index contributed by atoms with van der Waals surface area (Å²) in [5, 5.41) is 10.3. The smallest absolute Gasteiger partial charge is 0.503 e. The van der Waals surface area contributed by atoms with Crippen molar-refractivity contribution in [1.82, 2.24) is 14.4 Å². The van der Waals surface area contributed by atoms with E-state index >= 15 is 0 Å². The van der Waals surface area contributed by atoms with Crippen molar-refractivity contribution in [2.45, 2.75) is 0 Å². The van der Waals surface area contributed by atoms with E-state index in [9.17, 15) is 0 Å². The zero-order valence-electron chi connectivity index (χ0n) is 30.7. The number of hydrogen-bond donors (Lipinski definition) is 0. The van der Waals surface area contributed by atoms with E-state index in [1.807, 2.05) is 42.9 Å². The molecule has 0 fully saturated rings. The van der Waals surface area contributed by atoms with Gasteiger partial charge >= 0.3 is 21.1 Å². The van der Waals surface area contributed by atoms with E-state index in [2.05, 4.69) is 161 Å². The summed E-state index contributed by atoms with van der Waals surface area (Å²) < 4.78 is 15.5. The van der Waals surface area contributed by atoms with Gasteiger partial charge in [-0.2, -0.15) is 6.07 Å². The predicted molar refractivity (Wildman–Crippen MR) is 231 cm³/mol. The Hall–Kier alpha value is -6.79. The average molecular weight is 942 g/mol. The van der Waals surface area contributed by atoms with Gasteiger partial charge in [0, 0.05) is 52.1 Å². The number of rotatable bonds is 5. The molecule has 0 radical (unpaired) electrons. The third-order valence-electron chi connectivity index (χ3n) is 11.4. The SMILES string of the molecule is [Pt+2].[c-]1c(Oc2[c-]c3c(cc2)c2ccccc2n2ccnc32)ccc2c1N(c1ccccn1)c1ccc3oc4ccccc4c3c1[Si]2(c1ccccc1)c1ccccc1. The van der Waals surface area contributed by atoms with Crippen molar-refractivity contribution < 1.29 is 30.2 Å². The molecule has 4 aromatic heterocycles. The molecule has 8 heteroatoms. The molecule has 0 N–H and O–H groups in total.